The number of benzene rings is 9. The van der Waals surface area contributed by atoms with Gasteiger partial charge in [0, 0.05) is 0 Å². The molecule has 0 aliphatic rings. The first-order valence-electron chi connectivity index (χ1n) is 21.4. The zero-order valence-corrected chi connectivity index (χ0v) is 24.3. The molecule has 0 nitrogen and oxygen atoms in total. The first-order chi connectivity index (χ1) is 28.2. The van der Waals surface area contributed by atoms with Gasteiger partial charge in [0.25, 0.3) is 0 Å². The van der Waals surface area contributed by atoms with Gasteiger partial charge in [0.05, 0.1) is 17.8 Å². The molecular weight excluding hydrogens is 553 g/mol. The highest BCUT2D eigenvalue weighted by Crippen LogP contribution is 2.46. The van der Waals surface area contributed by atoms with E-state index in [2.05, 4.69) is 36.4 Å². The largest absolute Gasteiger partial charge is 0.0629 e. The van der Waals surface area contributed by atoms with Crippen LogP contribution in [0, 0.1) is 0 Å². The minimum Gasteiger partial charge on any atom is -0.0622 e. The smallest absolute Gasteiger partial charge is 0.0622 e. The minimum absolute atomic E-state index is 0.0938. The normalized spacial score (nSPS) is 15.4. The van der Waals surface area contributed by atoms with Gasteiger partial charge in [0.2, 0.25) is 0 Å². The Hall–Kier alpha value is -5.98. The van der Waals surface area contributed by atoms with Gasteiger partial charge in [-0.15, -0.1) is 0 Å². The number of hydrogen-bond donors (Lipinski definition) is 0. The lowest BCUT2D eigenvalue weighted by atomic mass is 9.83. The molecule has 0 aliphatic carbocycles. The lowest BCUT2D eigenvalue weighted by Gasteiger charge is -2.20. The molecule has 9 aromatic carbocycles. The molecule has 214 valence electrons. The lowest BCUT2D eigenvalue weighted by Crippen LogP contribution is -1.92. The second kappa shape index (κ2) is 10.9. The summed E-state index contributed by atoms with van der Waals surface area (Å²) in [7, 11) is 0. The van der Waals surface area contributed by atoms with E-state index >= 15 is 0 Å². The Kier molecular flexibility index (Phi) is 3.87. The topological polar surface area (TPSA) is 0 Å². The van der Waals surface area contributed by atoms with Crippen LogP contribution in [0.3, 0.4) is 0 Å². The molecule has 9 aromatic rings. The standard InChI is InChI=1S/C46H30/c1-3-15-31(16-4-1)44-30-34(29-33-19-7-8-20-35(33)44)36-27-28-43(38-22-10-9-21-37(36)38)46-41-25-13-11-23-39(41)45(32-17-5-2-6-18-32)40-24-12-14-26-42(40)46/h1-30H/i2D,5D,6D,11D,12D,13D,14D,17D,18D,23D,24D,25D,26D. The quantitative estimate of drug-likeness (QED) is 0.178. The summed E-state index contributed by atoms with van der Waals surface area (Å²) in [6.07, 6.45) is 0. The van der Waals surface area contributed by atoms with Gasteiger partial charge in [-0.05, 0) is 99.7 Å². The van der Waals surface area contributed by atoms with Gasteiger partial charge in [-0.2, -0.15) is 0 Å². The van der Waals surface area contributed by atoms with Crippen LogP contribution < -0.4 is 0 Å². The Morgan fingerprint density at radius 2 is 0.826 bits per heavy atom. The number of hydrogen-bond acceptors (Lipinski definition) is 0. The predicted molar refractivity (Wildman–Crippen MR) is 198 cm³/mol. The fraction of sp³-hybridized carbons (Fsp3) is 0. The number of fused-ring (bicyclic) bond motifs is 4. The maximum Gasteiger partial charge on any atom is 0.0629 e. The summed E-state index contributed by atoms with van der Waals surface area (Å²) in [5.41, 5.74) is 3.56. The summed E-state index contributed by atoms with van der Waals surface area (Å²) in [4.78, 5) is 0. The minimum atomic E-state index is -0.709. The van der Waals surface area contributed by atoms with Crippen LogP contribution >= 0.6 is 0 Å². The van der Waals surface area contributed by atoms with Gasteiger partial charge >= 0.3 is 0 Å². The molecule has 0 fully saturated rings. The molecule has 46 heavy (non-hydrogen) atoms. The summed E-state index contributed by atoms with van der Waals surface area (Å²) in [6.45, 7) is 0. The van der Waals surface area contributed by atoms with Crippen LogP contribution in [0.15, 0.2) is 182 Å². The Bertz CT molecular complexity index is 3190. The van der Waals surface area contributed by atoms with Crippen molar-refractivity contribution < 1.29 is 17.8 Å². The summed E-state index contributed by atoms with van der Waals surface area (Å²) in [5.74, 6) is 0. The monoisotopic (exact) mass is 595 g/mol. The van der Waals surface area contributed by atoms with Gasteiger partial charge < -0.3 is 0 Å². The summed E-state index contributed by atoms with van der Waals surface area (Å²) in [5, 5.41) is 2.76. The highest BCUT2D eigenvalue weighted by atomic mass is 14.2. The van der Waals surface area contributed by atoms with Crippen molar-refractivity contribution in [2.45, 2.75) is 0 Å². The van der Waals surface area contributed by atoms with E-state index < -0.39 is 84.1 Å². The van der Waals surface area contributed by atoms with Crippen molar-refractivity contribution in [1.82, 2.24) is 0 Å². The summed E-state index contributed by atoms with van der Waals surface area (Å²) in [6, 6.07) is 25.3. The third-order valence-corrected chi connectivity index (χ3v) is 8.58. The second-order valence-corrected chi connectivity index (χ2v) is 11.1. The van der Waals surface area contributed by atoms with Crippen molar-refractivity contribution in [3.05, 3.63) is 182 Å². The molecule has 0 atom stereocenters. The predicted octanol–water partition coefficient (Wildman–Crippen LogP) is 13.0. The number of rotatable bonds is 4. The molecule has 0 heteroatoms. The molecule has 0 saturated heterocycles. The first kappa shape index (κ1) is 16.4. The van der Waals surface area contributed by atoms with Gasteiger partial charge in [-0.3, -0.25) is 0 Å². The van der Waals surface area contributed by atoms with Crippen molar-refractivity contribution in [2.75, 3.05) is 0 Å². The van der Waals surface area contributed by atoms with E-state index in [0.29, 0.717) is 10.9 Å². The van der Waals surface area contributed by atoms with E-state index in [1.165, 1.54) is 0 Å². The van der Waals surface area contributed by atoms with Gasteiger partial charge in [0.1, 0.15) is 0 Å². The molecule has 0 N–H and O–H groups in total. The van der Waals surface area contributed by atoms with Crippen molar-refractivity contribution in [2.24, 2.45) is 0 Å². The lowest BCUT2D eigenvalue weighted by molar-refractivity contribution is 1.63. The Balaban J connectivity index is 1.49. The summed E-state index contributed by atoms with van der Waals surface area (Å²) >= 11 is 0. The van der Waals surface area contributed by atoms with Crippen LogP contribution in [-0.2, 0) is 0 Å². The highest BCUT2D eigenvalue weighted by Gasteiger charge is 2.19. The van der Waals surface area contributed by atoms with Gasteiger partial charge in [0.15, 0.2) is 0 Å². The molecule has 0 aromatic heterocycles. The fourth-order valence-electron chi connectivity index (χ4n) is 6.61. The van der Waals surface area contributed by atoms with Crippen LogP contribution in [0.4, 0.5) is 0 Å². The van der Waals surface area contributed by atoms with Crippen LogP contribution in [0.25, 0.3) is 87.6 Å². The van der Waals surface area contributed by atoms with E-state index in [1.54, 1.807) is 6.07 Å². The zero-order valence-electron chi connectivity index (χ0n) is 37.3. The maximum absolute atomic E-state index is 9.38. The van der Waals surface area contributed by atoms with Crippen LogP contribution in [-0.4, -0.2) is 0 Å². The Morgan fingerprint density at radius 1 is 0.304 bits per heavy atom. The Labute approximate surface area is 287 Å². The van der Waals surface area contributed by atoms with Crippen molar-refractivity contribution in [1.29, 1.82) is 0 Å². The maximum atomic E-state index is 9.38. The SMILES string of the molecule is [2H]c1c([2H])c([2H])c(-c2c3c([2H])c([2H])c([2H])c([2H])c3c(-c3ccc(-c4cc(-c5ccccc5)c5ccccc5c4)c4ccccc34)c3c([2H])c([2H])c([2H])c([2H])c23)c([2H])c1[2H]. The third-order valence-electron chi connectivity index (χ3n) is 8.58. The molecule has 0 saturated carbocycles. The van der Waals surface area contributed by atoms with E-state index in [4.69, 9.17) is 12.3 Å². The van der Waals surface area contributed by atoms with E-state index in [-0.39, 0.29) is 32.7 Å². The molecule has 0 bridgehead atoms. The molecular formula is C46H30. The van der Waals surface area contributed by atoms with Crippen molar-refractivity contribution in [3.8, 4) is 44.5 Å². The van der Waals surface area contributed by atoms with Crippen LogP contribution in [0.5, 0.6) is 0 Å². The Morgan fingerprint density at radius 3 is 1.50 bits per heavy atom. The fourth-order valence-corrected chi connectivity index (χ4v) is 6.61. The average molecular weight is 596 g/mol. The van der Waals surface area contributed by atoms with E-state index in [0.717, 1.165) is 38.4 Å². The summed E-state index contributed by atoms with van der Waals surface area (Å²) < 4.78 is 116. The third kappa shape index (κ3) is 4.23. The first-order valence-corrected chi connectivity index (χ1v) is 14.9. The van der Waals surface area contributed by atoms with Crippen LogP contribution in [0.1, 0.15) is 17.8 Å². The highest BCUT2D eigenvalue weighted by molar-refractivity contribution is 6.24. The van der Waals surface area contributed by atoms with Gasteiger partial charge in [-0.25, -0.2) is 0 Å². The second-order valence-electron chi connectivity index (χ2n) is 11.1. The van der Waals surface area contributed by atoms with E-state index in [9.17, 15) is 5.48 Å². The molecule has 9 rings (SSSR count). The molecule has 0 aliphatic heterocycles. The van der Waals surface area contributed by atoms with Crippen molar-refractivity contribution in [3.63, 3.8) is 0 Å². The molecule has 0 amide bonds. The molecule has 0 radical (unpaired) electrons. The van der Waals surface area contributed by atoms with Crippen LogP contribution in [0.2, 0.25) is 0 Å². The van der Waals surface area contributed by atoms with Gasteiger partial charge in [-0.1, -0.05) is 170 Å². The zero-order chi connectivity index (χ0) is 41.8. The van der Waals surface area contributed by atoms with Crippen molar-refractivity contribution >= 4 is 43.1 Å². The molecule has 0 spiro atoms. The molecule has 0 unspecified atom stereocenters. The average Bonchev–Trinajstić information content (AvgIpc) is 3.26. The van der Waals surface area contributed by atoms with E-state index in [1.807, 2.05) is 60.7 Å². The molecule has 0 heterocycles.